The number of hydrogen-bond donors (Lipinski definition) is 2. The van der Waals surface area contributed by atoms with Crippen LogP contribution in [0.5, 0.6) is 0 Å². The van der Waals surface area contributed by atoms with Gasteiger partial charge in [0.05, 0.1) is 18.1 Å². The predicted octanol–water partition coefficient (Wildman–Crippen LogP) is 4.14. The third-order valence-electron chi connectivity index (χ3n) is 7.83. The zero-order valence-electron chi connectivity index (χ0n) is 25.4. The van der Waals surface area contributed by atoms with Gasteiger partial charge in [0.2, 0.25) is 21.8 Å². The molecule has 0 atom stereocenters. The number of sulfonamides is 1. The van der Waals surface area contributed by atoms with E-state index in [9.17, 15) is 18.0 Å². The van der Waals surface area contributed by atoms with Crippen LogP contribution in [0.4, 0.5) is 5.82 Å². The maximum atomic E-state index is 13.8. The second kappa shape index (κ2) is 16.4. The molecule has 0 unspecified atom stereocenters. The van der Waals surface area contributed by atoms with E-state index in [0.717, 1.165) is 41.5 Å². The maximum absolute atomic E-state index is 13.8. The number of nitrogens with two attached hydrogens (primary N) is 1. The smallest absolute Gasteiger partial charge is 0.245 e. The number of hydrogen-bond acceptors (Lipinski definition) is 7. The second-order valence-electron chi connectivity index (χ2n) is 11.1. The molecule has 2 amide bonds. The van der Waals surface area contributed by atoms with E-state index in [2.05, 4.69) is 15.2 Å². The van der Waals surface area contributed by atoms with Gasteiger partial charge in [0.25, 0.3) is 0 Å². The molecule has 0 bridgehead atoms. The number of carbonyl (C=O) groups excluding carboxylic acids is 2. The zero-order valence-corrected chi connectivity index (χ0v) is 27.8. The summed E-state index contributed by atoms with van der Waals surface area (Å²) in [5, 5.41) is 2.98. The Morgan fingerprint density at radius 2 is 1.73 bits per heavy atom. The lowest BCUT2D eigenvalue weighted by atomic mass is 10.1. The van der Waals surface area contributed by atoms with Crippen molar-refractivity contribution < 1.29 is 18.0 Å². The Balaban J connectivity index is 1.44. The van der Waals surface area contributed by atoms with Gasteiger partial charge in [-0.3, -0.25) is 9.59 Å². The highest BCUT2D eigenvalue weighted by atomic mass is 35.5. The molecule has 13 heteroatoms. The van der Waals surface area contributed by atoms with E-state index in [1.807, 2.05) is 36.4 Å². The highest BCUT2D eigenvalue weighted by Gasteiger charge is 2.30. The molecule has 1 aliphatic rings. The summed E-state index contributed by atoms with van der Waals surface area (Å²) in [6.07, 6.45) is 5.17. The third-order valence-corrected chi connectivity index (χ3v) is 10.7. The fourth-order valence-corrected chi connectivity index (χ4v) is 7.37. The molecule has 1 aliphatic heterocycles. The fourth-order valence-electron chi connectivity index (χ4n) is 5.19. The number of nitrogen functional groups attached to an aromatic ring is 1. The Labute approximate surface area is 275 Å². The molecule has 4 rings (SSSR count). The van der Waals surface area contributed by atoms with Crippen LogP contribution in [0, 0.1) is 6.92 Å². The van der Waals surface area contributed by atoms with E-state index in [4.69, 9.17) is 28.9 Å². The van der Waals surface area contributed by atoms with Crippen molar-refractivity contribution in [2.45, 2.75) is 44.0 Å². The topological polar surface area (TPSA) is 129 Å². The van der Waals surface area contributed by atoms with Crippen LogP contribution in [-0.2, 0) is 32.6 Å². The summed E-state index contributed by atoms with van der Waals surface area (Å²) in [5.74, 6) is -0.496. The average molecular weight is 676 g/mol. The third kappa shape index (κ3) is 9.88. The van der Waals surface area contributed by atoms with E-state index in [-0.39, 0.29) is 28.9 Å². The molecule has 10 nitrogen and oxygen atoms in total. The molecule has 1 saturated heterocycles. The van der Waals surface area contributed by atoms with Crippen molar-refractivity contribution >= 4 is 50.9 Å². The van der Waals surface area contributed by atoms with Crippen molar-refractivity contribution in [1.82, 2.24) is 24.4 Å². The highest BCUT2D eigenvalue weighted by molar-refractivity contribution is 7.89. The molecule has 3 N–H and O–H groups in total. The first-order chi connectivity index (χ1) is 21.5. The second-order valence-corrected chi connectivity index (χ2v) is 13.8. The lowest BCUT2D eigenvalue weighted by Crippen LogP contribution is -2.45. The van der Waals surface area contributed by atoms with Gasteiger partial charge >= 0.3 is 0 Å². The molecular formula is C32H40Cl2N6O4S. The number of aromatic nitrogens is 1. The minimum atomic E-state index is -4.19. The van der Waals surface area contributed by atoms with Crippen LogP contribution in [0.3, 0.4) is 0 Å². The van der Waals surface area contributed by atoms with Gasteiger partial charge in [0.1, 0.15) is 10.7 Å². The van der Waals surface area contributed by atoms with Crippen LogP contribution >= 0.6 is 23.2 Å². The minimum Gasteiger partial charge on any atom is -0.384 e. The monoisotopic (exact) mass is 674 g/mol. The molecular weight excluding hydrogens is 635 g/mol. The van der Waals surface area contributed by atoms with Crippen molar-refractivity contribution in [3.05, 3.63) is 87.5 Å². The van der Waals surface area contributed by atoms with Gasteiger partial charge in [-0.25, -0.2) is 13.4 Å². The summed E-state index contributed by atoms with van der Waals surface area (Å²) in [7, 11) is -4.19. The van der Waals surface area contributed by atoms with Gasteiger partial charge in [-0.1, -0.05) is 59.6 Å². The highest BCUT2D eigenvalue weighted by Crippen LogP contribution is 2.32. The Bertz CT molecular complexity index is 1550. The Hall–Kier alpha value is -3.22. The number of anilines is 1. The molecule has 0 radical (unpaired) electrons. The van der Waals surface area contributed by atoms with Crippen molar-refractivity contribution in [1.29, 1.82) is 0 Å². The number of rotatable bonds is 15. The fraction of sp³-hybridized carbons (Fsp3) is 0.406. The van der Waals surface area contributed by atoms with Gasteiger partial charge in [-0.15, -0.1) is 0 Å². The van der Waals surface area contributed by atoms with E-state index < -0.39 is 22.5 Å². The first-order valence-electron chi connectivity index (χ1n) is 15.0. The van der Waals surface area contributed by atoms with Crippen LogP contribution in [-0.4, -0.2) is 85.1 Å². The van der Waals surface area contributed by atoms with Crippen molar-refractivity contribution in [3.8, 4) is 0 Å². The number of benzene rings is 2. The normalized spacial score (nSPS) is 13.7. The number of halogens is 2. The van der Waals surface area contributed by atoms with Crippen LogP contribution < -0.4 is 11.1 Å². The number of amides is 2. The molecule has 0 saturated carbocycles. The van der Waals surface area contributed by atoms with Gasteiger partial charge in [0, 0.05) is 30.9 Å². The largest absolute Gasteiger partial charge is 0.384 e. The van der Waals surface area contributed by atoms with Crippen LogP contribution in [0.25, 0.3) is 0 Å². The molecule has 1 fully saturated rings. The number of nitrogens with zero attached hydrogens (tertiary/aromatic N) is 4. The zero-order chi connectivity index (χ0) is 32.4. The summed E-state index contributed by atoms with van der Waals surface area (Å²) < 4.78 is 28.7. The lowest BCUT2D eigenvalue weighted by molar-refractivity contribution is -0.133. The molecule has 242 valence electrons. The molecule has 1 aromatic heterocycles. The molecule has 2 heterocycles. The first-order valence-corrected chi connectivity index (χ1v) is 17.2. The quantitative estimate of drug-likeness (QED) is 0.248. The Morgan fingerprint density at radius 1 is 1.00 bits per heavy atom. The van der Waals surface area contributed by atoms with Gasteiger partial charge in [0.15, 0.2) is 0 Å². The van der Waals surface area contributed by atoms with Crippen LogP contribution in [0.2, 0.25) is 10.0 Å². The summed E-state index contributed by atoms with van der Waals surface area (Å²) in [6.45, 7) is 4.72. The van der Waals surface area contributed by atoms with Gasteiger partial charge in [-0.2, -0.15) is 4.31 Å². The standard InChI is InChI=1S/C32H40Cl2N6O4S/c1-24-27(33)11-12-28(32(24)34)45(43,44)40(19-14-25-8-3-2-4-9-25)23-30(41)37-21-31(42)39(18-7-17-38-15-5-6-16-38)22-26-10-13-29(35)36-20-26/h2-4,8-13,20H,5-7,14-19,21-23H2,1H3,(H2,35,36)(H,37,41). The van der Waals surface area contributed by atoms with Crippen LogP contribution in [0.1, 0.15) is 36.0 Å². The molecule has 0 spiro atoms. The lowest BCUT2D eigenvalue weighted by Gasteiger charge is -2.25. The summed E-state index contributed by atoms with van der Waals surface area (Å²) in [5.41, 5.74) is 7.89. The van der Waals surface area contributed by atoms with Gasteiger partial charge < -0.3 is 20.9 Å². The summed E-state index contributed by atoms with van der Waals surface area (Å²) in [6, 6.07) is 15.7. The molecule has 2 aromatic carbocycles. The maximum Gasteiger partial charge on any atom is 0.245 e. The number of nitrogens with one attached hydrogen (secondary N) is 1. The number of likely N-dealkylation sites (tertiary alicyclic amines) is 1. The summed E-state index contributed by atoms with van der Waals surface area (Å²) >= 11 is 12.6. The van der Waals surface area contributed by atoms with E-state index in [1.54, 1.807) is 24.1 Å². The predicted molar refractivity (Wildman–Crippen MR) is 177 cm³/mol. The Kier molecular flexibility index (Phi) is 12.6. The van der Waals surface area contributed by atoms with Crippen molar-refractivity contribution in [2.24, 2.45) is 0 Å². The number of carbonyl (C=O) groups is 2. The van der Waals surface area contributed by atoms with E-state index >= 15 is 0 Å². The number of pyridine rings is 1. The van der Waals surface area contributed by atoms with Crippen molar-refractivity contribution in [2.75, 3.05) is 51.5 Å². The van der Waals surface area contributed by atoms with Crippen molar-refractivity contribution in [3.63, 3.8) is 0 Å². The molecule has 3 aromatic rings. The molecule has 45 heavy (non-hydrogen) atoms. The first kappa shape index (κ1) is 34.6. The van der Waals surface area contributed by atoms with Gasteiger partial charge in [-0.05, 0) is 87.1 Å². The average Bonchev–Trinajstić information content (AvgIpc) is 3.55. The summed E-state index contributed by atoms with van der Waals surface area (Å²) in [4.78, 5) is 34.6. The Morgan fingerprint density at radius 3 is 2.42 bits per heavy atom. The minimum absolute atomic E-state index is 0.00419. The SMILES string of the molecule is Cc1c(Cl)ccc(S(=O)(=O)N(CCc2ccccc2)CC(=O)NCC(=O)N(CCCN2CCCC2)Cc2ccc(N)nc2)c1Cl. The van der Waals surface area contributed by atoms with Crippen LogP contribution in [0.15, 0.2) is 65.7 Å². The van der Waals surface area contributed by atoms with E-state index in [1.165, 1.54) is 25.0 Å². The van der Waals surface area contributed by atoms with E-state index in [0.29, 0.717) is 35.9 Å². The molecule has 0 aliphatic carbocycles.